The zero-order chi connectivity index (χ0) is 9.07. The number of hydrogen-bond acceptors (Lipinski definition) is 2. The second kappa shape index (κ2) is 3.86. The average Bonchev–Trinajstić information content (AvgIpc) is 1.84. The van der Waals surface area contributed by atoms with E-state index in [-0.39, 0.29) is 5.54 Å². The summed E-state index contributed by atoms with van der Waals surface area (Å²) in [5, 5.41) is 0. The molecular formula is C9H20N2. The van der Waals surface area contributed by atoms with Crippen LogP contribution in [0.5, 0.6) is 0 Å². The topological polar surface area (TPSA) is 15.6 Å². The molecule has 11 heavy (non-hydrogen) atoms. The number of aliphatic imine (C=N–C) groups is 1. The Kier molecular flexibility index (Phi) is 3.73. The zero-order valence-electron chi connectivity index (χ0n) is 8.55. The summed E-state index contributed by atoms with van der Waals surface area (Å²) in [5.74, 6) is 0. The maximum atomic E-state index is 4.35. The molecule has 0 amide bonds. The first-order valence-corrected chi connectivity index (χ1v) is 4.08. The predicted octanol–water partition coefficient (Wildman–Crippen LogP) is 1.81. The largest absolute Gasteiger partial charge is 0.299 e. The monoisotopic (exact) mass is 156 g/mol. The lowest BCUT2D eigenvalue weighted by molar-refractivity contribution is 0.279. The molecule has 0 heterocycles. The van der Waals surface area contributed by atoms with E-state index in [0.29, 0.717) is 6.04 Å². The van der Waals surface area contributed by atoms with Gasteiger partial charge in [0.15, 0.2) is 0 Å². The molecule has 0 aromatic rings. The van der Waals surface area contributed by atoms with Crippen molar-refractivity contribution in [2.24, 2.45) is 4.99 Å². The van der Waals surface area contributed by atoms with Crippen molar-refractivity contribution < 1.29 is 0 Å². The number of hydrogen-bond donors (Lipinski definition) is 0. The molecule has 0 aliphatic heterocycles. The summed E-state index contributed by atoms with van der Waals surface area (Å²) in [6.07, 6.45) is 2.01. The van der Waals surface area contributed by atoms with Crippen LogP contribution in [0.4, 0.5) is 0 Å². The van der Waals surface area contributed by atoms with Crippen molar-refractivity contribution in [2.75, 3.05) is 14.1 Å². The van der Waals surface area contributed by atoms with E-state index in [1.807, 2.05) is 6.21 Å². The second-order valence-electron chi connectivity index (χ2n) is 3.92. The van der Waals surface area contributed by atoms with Gasteiger partial charge in [0.1, 0.15) is 0 Å². The molecule has 2 nitrogen and oxygen atoms in total. The molecule has 66 valence electrons. The standard InChI is InChI=1S/C9H20N2/c1-8(2)10-7-9(3,4)11(5)6/h7-8H,1-6H3. The van der Waals surface area contributed by atoms with Crippen molar-refractivity contribution in [3.63, 3.8) is 0 Å². The van der Waals surface area contributed by atoms with Crippen molar-refractivity contribution in [3.8, 4) is 0 Å². The Bertz CT molecular complexity index is 134. The highest BCUT2D eigenvalue weighted by Gasteiger charge is 2.16. The third kappa shape index (κ3) is 4.14. The fraction of sp³-hybridized carbons (Fsp3) is 0.889. The molecule has 0 N–H and O–H groups in total. The molecule has 2 heteroatoms. The molecule has 0 bridgehead atoms. The minimum atomic E-state index is 0.0737. The minimum absolute atomic E-state index is 0.0737. The van der Waals surface area contributed by atoms with Crippen LogP contribution in [0.2, 0.25) is 0 Å². The maximum Gasteiger partial charge on any atom is 0.0497 e. The summed E-state index contributed by atoms with van der Waals surface area (Å²) in [7, 11) is 4.12. The Morgan fingerprint density at radius 2 is 1.73 bits per heavy atom. The molecule has 0 aliphatic rings. The van der Waals surface area contributed by atoms with Gasteiger partial charge in [0.2, 0.25) is 0 Å². The summed E-state index contributed by atoms with van der Waals surface area (Å²) in [6, 6.07) is 0.397. The summed E-state index contributed by atoms with van der Waals surface area (Å²) < 4.78 is 0. The van der Waals surface area contributed by atoms with E-state index in [1.165, 1.54) is 0 Å². The van der Waals surface area contributed by atoms with Crippen LogP contribution < -0.4 is 0 Å². The molecule has 0 aromatic carbocycles. The first-order chi connectivity index (χ1) is 4.86. The summed E-state index contributed by atoms with van der Waals surface area (Å²) in [4.78, 5) is 6.50. The molecule has 0 spiro atoms. The van der Waals surface area contributed by atoms with E-state index in [1.54, 1.807) is 0 Å². The molecular weight excluding hydrogens is 136 g/mol. The third-order valence-corrected chi connectivity index (χ3v) is 1.84. The average molecular weight is 156 g/mol. The lowest BCUT2D eigenvalue weighted by Crippen LogP contribution is -2.39. The lowest BCUT2D eigenvalue weighted by Gasteiger charge is -2.28. The van der Waals surface area contributed by atoms with Gasteiger partial charge in [0, 0.05) is 17.8 Å². The van der Waals surface area contributed by atoms with Gasteiger partial charge in [-0.15, -0.1) is 0 Å². The van der Waals surface area contributed by atoms with Crippen LogP contribution in [0.3, 0.4) is 0 Å². The van der Waals surface area contributed by atoms with Crippen LogP contribution in [0.1, 0.15) is 27.7 Å². The zero-order valence-corrected chi connectivity index (χ0v) is 8.55. The van der Waals surface area contributed by atoms with Gasteiger partial charge in [-0.1, -0.05) is 0 Å². The molecule has 0 rings (SSSR count). The highest BCUT2D eigenvalue weighted by molar-refractivity contribution is 5.68. The molecule has 0 saturated heterocycles. The van der Waals surface area contributed by atoms with Crippen molar-refractivity contribution in [1.29, 1.82) is 0 Å². The van der Waals surface area contributed by atoms with Crippen molar-refractivity contribution in [1.82, 2.24) is 4.90 Å². The normalized spacial score (nSPS) is 13.8. The van der Waals surface area contributed by atoms with Crippen LogP contribution in [0.15, 0.2) is 4.99 Å². The van der Waals surface area contributed by atoms with Crippen molar-refractivity contribution in [2.45, 2.75) is 39.3 Å². The quantitative estimate of drug-likeness (QED) is 0.569. The van der Waals surface area contributed by atoms with Crippen molar-refractivity contribution in [3.05, 3.63) is 0 Å². The van der Waals surface area contributed by atoms with Crippen LogP contribution in [0, 0.1) is 0 Å². The SMILES string of the molecule is CC(C)N=CC(C)(C)N(C)C. The fourth-order valence-electron chi connectivity index (χ4n) is 0.447. The third-order valence-electron chi connectivity index (χ3n) is 1.84. The van der Waals surface area contributed by atoms with E-state index in [4.69, 9.17) is 0 Å². The van der Waals surface area contributed by atoms with E-state index in [9.17, 15) is 0 Å². The van der Waals surface area contributed by atoms with Gasteiger partial charge < -0.3 is 0 Å². The first-order valence-electron chi connectivity index (χ1n) is 4.08. The summed E-state index contributed by atoms with van der Waals surface area (Å²) in [6.45, 7) is 8.47. The predicted molar refractivity (Wildman–Crippen MR) is 51.4 cm³/mol. The van der Waals surface area contributed by atoms with Gasteiger partial charge in [0.25, 0.3) is 0 Å². The van der Waals surface area contributed by atoms with Gasteiger partial charge in [-0.25, -0.2) is 0 Å². The second-order valence-corrected chi connectivity index (χ2v) is 3.92. The molecule has 0 unspecified atom stereocenters. The molecule has 0 fully saturated rings. The van der Waals surface area contributed by atoms with Gasteiger partial charge in [0.05, 0.1) is 0 Å². The van der Waals surface area contributed by atoms with Gasteiger partial charge >= 0.3 is 0 Å². The molecule has 0 radical (unpaired) electrons. The Morgan fingerprint density at radius 1 is 1.27 bits per heavy atom. The highest BCUT2D eigenvalue weighted by Crippen LogP contribution is 2.06. The number of rotatable bonds is 3. The number of nitrogens with zero attached hydrogens (tertiary/aromatic N) is 2. The van der Waals surface area contributed by atoms with Gasteiger partial charge in [-0.3, -0.25) is 9.89 Å². The van der Waals surface area contributed by atoms with Gasteiger partial charge in [-0.05, 0) is 41.8 Å². The highest BCUT2D eigenvalue weighted by atomic mass is 15.1. The van der Waals surface area contributed by atoms with Crippen LogP contribution >= 0.6 is 0 Å². The van der Waals surface area contributed by atoms with E-state index >= 15 is 0 Å². The van der Waals surface area contributed by atoms with Gasteiger partial charge in [-0.2, -0.15) is 0 Å². The minimum Gasteiger partial charge on any atom is -0.299 e. The van der Waals surface area contributed by atoms with E-state index in [2.05, 4.69) is 51.7 Å². The van der Waals surface area contributed by atoms with Crippen molar-refractivity contribution >= 4 is 6.21 Å². The summed E-state index contributed by atoms with van der Waals surface area (Å²) in [5.41, 5.74) is 0.0737. The molecule has 0 saturated carbocycles. The molecule has 0 aromatic heterocycles. The molecule has 0 aliphatic carbocycles. The first kappa shape index (κ1) is 10.6. The Balaban J connectivity index is 4.11. The van der Waals surface area contributed by atoms with Crippen LogP contribution in [-0.4, -0.2) is 36.8 Å². The smallest absolute Gasteiger partial charge is 0.0497 e. The maximum absolute atomic E-state index is 4.35. The lowest BCUT2D eigenvalue weighted by atomic mass is 10.1. The Labute approximate surface area is 70.3 Å². The fourth-order valence-corrected chi connectivity index (χ4v) is 0.447. The summed E-state index contributed by atoms with van der Waals surface area (Å²) >= 11 is 0. The van der Waals surface area contributed by atoms with Crippen LogP contribution in [0.25, 0.3) is 0 Å². The Morgan fingerprint density at radius 3 is 2.00 bits per heavy atom. The van der Waals surface area contributed by atoms with E-state index in [0.717, 1.165) is 0 Å². The Hall–Kier alpha value is -0.370. The molecule has 0 atom stereocenters. The van der Waals surface area contributed by atoms with Crippen LogP contribution in [-0.2, 0) is 0 Å². The van der Waals surface area contributed by atoms with E-state index < -0.39 is 0 Å².